The Balaban J connectivity index is 1.39. The van der Waals surface area contributed by atoms with Gasteiger partial charge in [-0.15, -0.1) is 0 Å². The van der Waals surface area contributed by atoms with E-state index in [2.05, 4.69) is 27.0 Å². The van der Waals surface area contributed by atoms with Gasteiger partial charge in [0, 0.05) is 25.8 Å². The van der Waals surface area contributed by atoms with Gasteiger partial charge in [0.05, 0.1) is 25.8 Å². The monoisotopic (exact) mass is 382 g/mol. The van der Waals surface area contributed by atoms with Gasteiger partial charge in [0.1, 0.15) is 5.60 Å². The number of likely N-dealkylation sites (tertiary alicyclic amines) is 1. The summed E-state index contributed by atoms with van der Waals surface area (Å²) in [5.74, 6) is 0.101. The topological polar surface area (TPSA) is 90.6 Å². The predicted octanol–water partition coefficient (Wildman–Crippen LogP) is 1.84. The molecule has 28 heavy (non-hydrogen) atoms. The van der Waals surface area contributed by atoms with E-state index in [4.69, 9.17) is 15.2 Å². The maximum absolute atomic E-state index is 11.4. The van der Waals surface area contributed by atoms with E-state index in [1.54, 1.807) is 0 Å². The van der Waals surface area contributed by atoms with Crippen LogP contribution < -0.4 is 5.73 Å². The number of anilines is 1. The number of carbonyl (C=O) groups excluding carboxylic acids is 1. The molecule has 3 heterocycles. The average molecular weight is 382 g/mol. The van der Waals surface area contributed by atoms with Gasteiger partial charge in [-0.1, -0.05) is 24.3 Å². The van der Waals surface area contributed by atoms with Gasteiger partial charge in [0.15, 0.2) is 0 Å². The van der Waals surface area contributed by atoms with Crippen LogP contribution in [0.15, 0.2) is 30.5 Å². The molecule has 4 rings (SSSR count). The highest BCUT2D eigenvalue weighted by Crippen LogP contribution is 2.40. The second-order valence-corrected chi connectivity index (χ2v) is 7.54. The average Bonchev–Trinajstić information content (AvgIpc) is 2.72. The molecule has 0 bridgehead atoms. The van der Waals surface area contributed by atoms with Gasteiger partial charge in [-0.25, -0.2) is 9.97 Å². The van der Waals surface area contributed by atoms with Crippen LogP contribution in [-0.2, 0) is 39.3 Å². The molecular formula is C21H26N4O3. The van der Waals surface area contributed by atoms with Crippen molar-refractivity contribution in [1.29, 1.82) is 0 Å². The van der Waals surface area contributed by atoms with Crippen LogP contribution in [0.2, 0.25) is 0 Å². The number of nitrogen functional groups attached to an aromatic ring is 1. The SMILES string of the molecule is COC(=O)Cc1ccc(CN2CCC3(CC2)OCCc2cnc(N)nc23)cc1. The number of nitrogens with zero attached hydrogens (tertiary/aromatic N) is 3. The Hall–Kier alpha value is -2.51. The van der Waals surface area contributed by atoms with Crippen molar-refractivity contribution in [2.24, 2.45) is 0 Å². The summed E-state index contributed by atoms with van der Waals surface area (Å²) < 4.78 is 11.0. The highest BCUT2D eigenvalue weighted by atomic mass is 16.5. The smallest absolute Gasteiger partial charge is 0.309 e. The molecule has 0 amide bonds. The van der Waals surface area contributed by atoms with Crippen LogP contribution in [0.4, 0.5) is 5.95 Å². The Kier molecular flexibility index (Phi) is 5.28. The molecule has 0 saturated carbocycles. The van der Waals surface area contributed by atoms with E-state index in [1.165, 1.54) is 12.7 Å². The van der Waals surface area contributed by atoms with Crippen LogP contribution in [0.1, 0.15) is 35.2 Å². The maximum atomic E-state index is 11.4. The minimum atomic E-state index is -0.328. The minimum absolute atomic E-state index is 0.216. The van der Waals surface area contributed by atoms with E-state index in [9.17, 15) is 4.79 Å². The van der Waals surface area contributed by atoms with Gasteiger partial charge >= 0.3 is 5.97 Å². The summed E-state index contributed by atoms with van der Waals surface area (Å²) in [5, 5.41) is 0. The summed E-state index contributed by atoms with van der Waals surface area (Å²) in [7, 11) is 1.41. The molecule has 1 spiro atoms. The van der Waals surface area contributed by atoms with Crippen molar-refractivity contribution in [2.45, 2.75) is 37.8 Å². The van der Waals surface area contributed by atoms with Crippen LogP contribution in [0.5, 0.6) is 0 Å². The summed E-state index contributed by atoms with van der Waals surface area (Å²) >= 11 is 0. The highest BCUT2D eigenvalue weighted by molar-refractivity contribution is 5.72. The molecule has 2 aliphatic rings. The van der Waals surface area contributed by atoms with Crippen molar-refractivity contribution in [2.75, 3.05) is 32.5 Å². The number of benzene rings is 1. The summed E-state index contributed by atoms with van der Waals surface area (Å²) in [4.78, 5) is 22.5. The van der Waals surface area contributed by atoms with Crippen LogP contribution in [0, 0.1) is 0 Å². The van der Waals surface area contributed by atoms with Crippen LogP contribution in [-0.4, -0.2) is 47.6 Å². The van der Waals surface area contributed by atoms with E-state index < -0.39 is 0 Å². The zero-order valence-corrected chi connectivity index (χ0v) is 16.2. The Morgan fingerprint density at radius 2 is 1.96 bits per heavy atom. The standard InChI is InChI=1S/C21H26N4O3/c1-27-18(26)12-15-2-4-16(5-3-15)14-25-9-7-21(8-10-25)19-17(6-11-28-21)13-23-20(22)24-19/h2-5,13H,6-12,14H2,1H3,(H2,22,23,24). The molecule has 148 valence electrons. The second-order valence-electron chi connectivity index (χ2n) is 7.54. The molecular weight excluding hydrogens is 356 g/mol. The first kappa shape index (κ1) is 18.8. The molecule has 1 aromatic carbocycles. The fourth-order valence-electron chi connectivity index (χ4n) is 4.14. The van der Waals surface area contributed by atoms with Crippen molar-refractivity contribution < 1.29 is 14.3 Å². The van der Waals surface area contributed by atoms with E-state index >= 15 is 0 Å². The number of hydrogen-bond acceptors (Lipinski definition) is 7. The third-order valence-electron chi connectivity index (χ3n) is 5.73. The summed E-state index contributed by atoms with van der Waals surface area (Å²) in [6, 6.07) is 8.17. The molecule has 1 saturated heterocycles. The second kappa shape index (κ2) is 7.85. The largest absolute Gasteiger partial charge is 0.469 e. The van der Waals surface area contributed by atoms with Crippen molar-refractivity contribution in [3.8, 4) is 0 Å². The summed E-state index contributed by atoms with van der Waals surface area (Å²) in [6.07, 6.45) is 4.81. The Morgan fingerprint density at radius 3 is 2.68 bits per heavy atom. The first-order valence-corrected chi connectivity index (χ1v) is 9.71. The Bertz CT molecular complexity index is 845. The quantitative estimate of drug-likeness (QED) is 0.807. The number of nitrogens with two attached hydrogens (primary N) is 1. The number of hydrogen-bond donors (Lipinski definition) is 1. The van der Waals surface area contributed by atoms with Crippen LogP contribution in [0.25, 0.3) is 0 Å². The van der Waals surface area contributed by atoms with E-state index in [0.29, 0.717) is 19.0 Å². The summed E-state index contributed by atoms with van der Waals surface area (Å²) in [5.41, 5.74) is 9.86. The number of piperidine rings is 1. The third kappa shape index (κ3) is 3.86. The van der Waals surface area contributed by atoms with Gasteiger partial charge in [-0.3, -0.25) is 9.69 Å². The number of carbonyl (C=O) groups is 1. The number of esters is 1. The lowest BCUT2D eigenvalue weighted by Crippen LogP contribution is -2.47. The van der Waals surface area contributed by atoms with E-state index in [1.807, 2.05) is 18.3 Å². The van der Waals surface area contributed by atoms with Gasteiger partial charge in [0.2, 0.25) is 5.95 Å². The fourth-order valence-corrected chi connectivity index (χ4v) is 4.14. The number of rotatable bonds is 4. The zero-order valence-electron chi connectivity index (χ0n) is 16.2. The van der Waals surface area contributed by atoms with E-state index in [0.717, 1.165) is 55.7 Å². The minimum Gasteiger partial charge on any atom is -0.469 e. The molecule has 0 unspecified atom stereocenters. The molecule has 7 heteroatoms. The molecule has 1 fully saturated rings. The van der Waals surface area contributed by atoms with E-state index in [-0.39, 0.29) is 11.6 Å². The molecule has 0 aliphatic carbocycles. The van der Waals surface area contributed by atoms with Gasteiger partial charge in [-0.2, -0.15) is 0 Å². The van der Waals surface area contributed by atoms with Crippen LogP contribution >= 0.6 is 0 Å². The lowest BCUT2D eigenvalue weighted by Gasteiger charge is -2.44. The zero-order chi connectivity index (χ0) is 19.6. The normalized spacial score (nSPS) is 18.6. The van der Waals surface area contributed by atoms with Crippen molar-refractivity contribution in [3.63, 3.8) is 0 Å². The van der Waals surface area contributed by atoms with Gasteiger partial charge in [0.25, 0.3) is 0 Å². The molecule has 1 aromatic heterocycles. The third-order valence-corrected chi connectivity index (χ3v) is 5.73. The number of methoxy groups -OCH3 is 1. The molecule has 2 aromatic rings. The predicted molar refractivity (Wildman–Crippen MR) is 104 cm³/mol. The van der Waals surface area contributed by atoms with Crippen molar-refractivity contribution in [3.05, 3.63) is 52.8 Å². The highest BCUT2D eigenvalue weighted by Gasteiger charge is 2.42. The molecule has 7 nitrogen and oxygen atoms in total. The Labute approximate surface area is 164 Å². The lowest BCUT2D eigenvalue weighted by atomic mass is 9.83. The molecule has 0 atom stereocenters. The maximum Gasteiger partial charge on any atom is 0.309 e. The first-order valence-electron chi connectivity index (χ1n) is 9.71. The number of aromatic nitrogens is 2. The van der Waals surface area contributed by atoms with Gasteiger partial charge < -0.3 is 15.2 Å². The lowest BCUT2D eigenvalue weighted by molar-refractivity contribution is -0.139. The van der Waals surface area contributed by atoms with Gasteiger partial charge in [-0.05, 0) is 36.0 Å². The van der Waals surface area contributed by atoms with Crippen molar-refractivity contribution in [1.82, 2.24) is 14.9 Å². The van der Waals surface area contributed by atoms with Crippen molar-refractivity contribution >= 4 is 11.9 Å². The van der Waals surface area contributed by atoms with Crippen LogP contribution in [0.3, 0.4) is 0 Å². The molecule has 2 N–H and O–H groups in total. The number of ether oxygens (including phenoxy) is 2. The molecule has 2 aliphatic heterocycles. The Morgan fingerprint density at radius 1 is 1.25 bits per heavy atom. The number of fused-ring (bicyclic) bond motifs is 2. The first-order chi connectivity index (χ1) is 13.6. The summed E-state index contributed by atoms with van der Waals surface area (Å²) in [6.45, 7) is 3.47. The fraction of sp³-hybridized carbons (Fsp3) is 0.476. The molecule has 0 radical (unpaired) electrons.